The minimum Gasteiger partial charge on any atom is -0.466 e. The lowest BCUT2D eigenvalue weighted by atomic mass is 9.53. The number of hydrogen-bond acceptors (Lipinski definition) is 4. The first-order valence-electron chi connectivity index (χ1n) is 9.59. The number of hydrogen-bond donors (Lipinski definition) is 1. The highest BCUT2D eigenvalue weighted by Gasteiger charge is 2.65. The largest absolute Gasteiger partial charge is 0.466 e. The number of halogens is 1. The van der Waals surface area contributed by atoms with Crippen LogP contribution in [0.15, 0.2) is 35.5 Å². The van der Waals surface area contributed by atoms with E-state index in [2.05, 4.69) is 41.4 Å². The van der Waals surface area contributed by atoms with Gasteiger partial charge in [-0.25, -0.2) is 4.79 Å². The maximum Gasteiger partial charge on any atom is 0.335 e. The summed E-state index contributed by atoms with van der Waals surface area (Å²) < 4.78 is 5.22. The third kappa shape index (κ3) is 2.07. The van der Waals surface area contributed by atoms with Crippen LogP contribution in [-0.2, 0) is 14.9 Å². The summed E-state index contributed by atoms with van der Waals surface area (Å²) in [4.78, 5) is 15.4. The van der Waals surface area contributed by atoms with Crippen LogP contribution in [0.4, 0.5) is 5.69 Å². The predicted octanol–water partition coefficient (Wildman–Crippen LogP) is 4.06. The zero-order valence-electron chi connectivity index (χ0n) is 15.5. The number of piperidine rings is 1. The number of anilines is 1. The molecular weight excluding hydrogens is 439 g/mol. The van der Waals surface area contributed by atoms with Crippen LogP contribution in [0.2, 0.25) is 0 Å². The Balaban J connectivity index is 0.00000168. The fraction of sp³-hybridized carbons (Fsp3) is 0.571. The van der Waals surface area contributed by atoms with Crippen molar-refractivity contribution in [3.8, 4) is 0 Å². The molecule has 0 radical (unpaired) electrons. The molecule has 1 aromatic rings. The minimum absolute atomic E-state index is 0. The van der Waals surface area contributed by atoms with Gasteiger partial charge < -0.3 is 10.1 Å². The van der Waals surface area contributed by atoms with E-state index < -0.39 is 0 Å². The van der Waals surface area contributed by atoms with Crippen LogP contribution in [0.5, 0.6) is 0 Å². The molecule has 1 unspecified atom stereocenters. The molecule has 0 saturated carbocycles. The summed E-state index contributed by atoms with van der Waals surface area (Å²) >= 11 is 0. The molecule has 5 rings (SSSR count). The van der Waals surface area contributed by atoms with E-state index in [1.807, 2.05) is 0 Å². The van der Waals surface area contributed by atoms with Crippen LogP contribution >= 0.6 is 24.0 Å². The van der Waals surface area contributed by atoms with E-state index in [1.54, 1.807) is 0 Å². The number of benzene rings is 1. The minimum atomic E-state index is -0.148. The summed E-state index contributed by atoms with van der Waals surface area (Å²) in [5, 5.41) is 3.65. The smallest absolute Gasteiger partial charge is 0.335 e. The Hall–Kier alpha value is -1.08. The molecular formula is C21H27IN2O2. The molecule has 0 amide bonds. The third-order valence-electron chi connectivity index (χ3n) is 7.41. The van der Waals surface area contributed by atoms with Crippen molar-refractivity contribution in [1.29, 1.82) is 0 Å². The Morgan fingerprint density at radius 2 is 2.12 bits per heavy atom. The van der Waals surface area contributed by atoms with Gasteiger partial charge in [-0.15, -0.1) is 24.0 Å². The molecule has 4 aliphatic rings. The zero-order valence-corrected chi connectivity index (χ0v) is 17.8. The molecule has 0 bridgehead atoms. The maximum atomic E-state index is 12.7. The van der Waals surface area contributed by atoms with E-state index >= 15 is 0 Å². The van der Waals surface area contributed by atoms with Crippen LogP contribution in [0.1, 0.15) is 44.6 Å². The summed E-state index contributed by atoms with van der Waals surface area (Å²) in [6.07, 6.45) is 5.50. The van der Waals surface area contributed by atoms with Crippen LogP contribution < -0.4 is 5.32 Å². The molecule has 1 aliphatic carbocycles. The first-order valence-corrected chi connectivity index (χ1v) is 9.59. The summed E-state index contributed by atoms with van der Waals surface area (Å²) in [5.41, 5.74) is 4.71. The summed E-state index contributed by atoms with van der Waals surface area (Å²) in [6, 6.07) is 9.15. The molecule has 1 spiro atoms. The quantitative estimate of drug-likeness (QED) is 0.528. The van der Waals surface area contributed by atoms with Gasteiger partial charge >= 0.3 is 5.97 Å². The van der Waals surface area contributed by atoms with Crippen LogP contribution in [-0.4, -0.2) is 37.1 Å². The SMILES string of the molecule is CC[C@]12CCCN3CC[C@]4(C(=C(C(=O)OC)C1)Nc1ccccc14)C32.I. The number of nitrogens with one attached hydrogen (secondary N) is 1. The highest BCUT2D eigenvalue weighted by Crippen LogP contribution is 2.65. The van der Waals surface area contributed by atoms with Gasteiger partial charge in [0.25, 0.3) is 0 Å². The van der Waals surface area contributed by atoms with E-state index in [0.717, 1.165) is 37.1 Å². The number of nitrogens with zero attached hydrogens (tertiary/aromatic N) is 1. The van der Waals surface area contributed by atoms with Crippen LogP contribution in [0.25, 0.3) is 0 Å². The molecule has 0 aromatic heterocycles. The Labute approximate surface area is 172 Å². The fourth-order valence-corrected chi connectivity index (χ4v) is 6.49. The number of ether oxygens (including phenoxy) is 1. The highest BCUT2D eigenvalue weighted by atomic mass is 127. The summed E-state index contributed by atoms with van der Waals surface area (Å²) in [5.74, 6) is -0.148. The Morgan fingerprint density at radius 1 is 1.31 bits per heavy atom. The molecule has 1 N–H and O–H groups in total. The topological polar surface area (TPSA) is 41.6 Å². The second-order valence-corrected chi connectivity index (χ2v) is 8.17. The number of rotatable bonds is 2. The summed E-state index contributed by atoms with van der Waals surface area (Å²) in [6.45, 7) is 4.63. The standard InChI is InChI=1S/C21H26N2O2.HI/c1-3-20-9-6-11-23-12-10-21(19(20)23)15-7-4-5-8-16(15)22-17(21)14(13-20)18(24)25-2;/h4-5,7-8,19,22H,3,6,9-13H2,1-2H3;1H/t19?,20-,21-;/m0./s1. The van der Waals surface area contributed by atoms with Crippen LogP contribution in [0, 0.1) is 5.41 Å². The lowest BCUT2D eigenvalue weighted by Gasteiger charge is -2.56. The van der Waals surface area contributed by atoms with Crippen molar-refractivity contribution in [2.45, 2.75) is 50.5 Å². The lowest BCUT2D eigenvalue weighted by molar-refractivity contribution is -0.137. The van der Waals surface area contributed by atoms with Crippen molar-refractivity contribution >= 4 is 35.6 Å². The molecule has 5 heteroatoms. The lowest BCUT2D eigenvalue weighted by Crippen LogP contribution is -2.59. The van der Waals surface area contributed by atoms with E-state index in [9.17, 15) is 4.79 Å². The number of methoxy groups -OCH3 is 1. The van der Waals surface area contributed by atoms with Gasteiger partial charge in [-0.1, -0.05) is 25.1 Å². The van der Waals surface area contributed by atoms with Gasteiger partial charge in [-0.2, -0.15) is 0 Å². The van der Waals surface area contributed by atoms with Crippen molar-refractivity contribution in [2.24, 2.45) is 5.41 Å². The molecule has 3 aliphatic heterocycles. The van der Waals surface area contributed by atoms with Crippen molar-refractivity contribution < 1.29 is 9.53 Å². The number of carbonyl (C=O) groups excluding carboxylic acids is 1. The number of fused-ring (bicyclic) bond motifs is 1. The maximum absolute atomic E-state index is 12.7. The number of carbonyl (C=O) groups is 1. The van der Waals surface area contributed by atoms with Crippen molar-refractivity contribution in [2.75, 3.05) is 25.5 Å². The van der Waals surface area contributed by atoms with E-state index in [-0.39, 0.29) is 40.8 Å². The average Bonchev–Trinajstić information content (AvgIpc) is 3.21. The van der Waals surface area contributed by atoms with Crippen molar-refractivity contribution in [3.63, 3.8) is 0 Å². The molecule has 2 saturated heterocycles. The van der Waals surface area contributed by atoms with Crippen molar-refractivity contribution in [3.05, 3.63) is 41.1 Å². The number of para-hydroxylation sites is 1. The first kappa shape index (κ1) is 18.3. The van der Waals surface area contributed by atoms with E-state index in [0.29, 0.717) is 6.04 Å². The summed E-state index contributed by atoms with van der Waals surface area (Å²) in [7, 11) is 1.51. The fourth-order valence-electron chi connectivity index (χ4n) is 6.49. The number of esters is 1. The molecule has 3 atom stereocenters. The van der Waals surface area contributed by atoms with E-state index in [1.165, 1.54) is 37.7 Å². The molecule has 3 heterocycles. The van der Waals surface area contributed by atoms with Crippen molar-refractivity contribution in [1.82, 2.24) is 4.90 Å². The monoisotopic (exact) mass is 466 g/mol. The van der Waals surface area contributed by atoms with Gasteiger partial charge in [0.1, 0.15) is 0 Å². The molecule has 140 valence electrons. The second kappa shape index (κ2) is 6.23. The predicted molar refractivity (Wildman–Crippen MR) is 113 cm³/mol. The normalized spacial score (nSPS) is 34.3. The van der Waals surface area contributed by atoms with Gasteiger partial charge in [-0.3, -0.25) is 4.90 Å². The first-order chi connectivity index (χ1) is 12.2. The van der Waals surface area contributed by atoms with E-state index in [4.69, 9.17) is 4.74 Å². The van der Waals surface area contributed by atoms with Crippen LogP contribution in [0.3, 0.4) is 0 Å². The molecule has 2 fully saturated rings. The molecule has 26 heavy (non-hydrogen) atoms. The van der Waals surface area contributed by atoms with Gasteiger partial charge in [0.15, 0.2) is 0 Å². The second-order valence-electron chi connectivity index (χ2n) is 8.17. The highest BCUT2D eigenvalue weighted by molar-refractivity contribution is 14.0. The van der Waals surface area contributed by atoms with Gasteiger partial charge in [0, 0.05) is 17.4 Å². The van der Waals surface area contributed by atoms with Gasteiger partial charge in [0.05, 0.1) is 18.1 Å². The third-order valence-corrected chi connectivity index (χ3v) is 7.41. The van der Waals surface area contributed by atoms with Gasteiger partial charge in [-0.05, 0) is 62.2 Å². The van der Waals surface area contributed by atoms with Gasteiger partial charge in [0.2, 0.25) is 0 Å². The Morgan fingerprint density at radius 3 is 2.88 bits per heavy atom. The zero-order chi connectivity index (χ0) is 17.2. The Kier molecular flexibility index (Phi) is 4.38. The average molecular weight is 466 g/mol. The Bertz CT molecular complexity index is 792. The molecule has 1 aromatic carbocycles. The molecule has 4 nitrogen and oxygen atoms in total.